The molecule has 0 saturated carbocycles. The van der Waals surface area contributed by atoms with Crippen LogP contribution in [0.4, 0.5) is 0 Å². The van der Waals surface area contributed by atoms with Gasteiger partial charge in [-0.05, 0) is 29.3 Å². The van der Waals surface area contributed by atoms with Crippen molar-refractivity contribution >= 4 is 17.6 Å². The molecule has 1 aliphatic rings. The number of hydrogen-bond acceptors (Lipinski definition) is 4. The van der Waals surface area contributed by atoms with Crippen molar-refractivity contribution in [3.05, 3.63) is 65.7 Å². The van der Waals surface area contributed by atoms with Gasteiger partial charge in [0.1, 0.15) is 12.4 Å². The van der Waals surface area contributed by atoms with Crippen LogP contribution < -0.4 is 4.74 Å². The van der Waals surface area contributed by atoms with E-state index in [0.29, 0.717) is 12.2 Å². The van der Waals surface area contributed by atoms with Crippen molar-refractivity contribution in [2.75, 3.05) is 39.5 Å². The summed E-state index contributed by atoms with van der Waals surface area (Å²) in [6.07, 6.45) is 1.68. The molecule has 5 heteroatoms. The van der Waals surface area contributed by atoms with E-state index in [-0.39, 0.29) is 5.57 Å². The van der Waals surface area contributed by atoms with Gasteiger partial charge >= 0.3 is 5.97 Å². The first-order valence-electron chi connectivity index (χ1n) is 8.76. The third kappa shape index (κ3) is 5.18. The number of carboxylic acids is 1. The zero-order chi connectivity index (χ0) is 18.2. The van der Waals surface area contributed by atoms with Crippen LogP contribution >= 0.6 is 0 Å². The average Bonchev–Trinajstić information content (AvgIpc) is 2.68. The Morgan fingerprint density at radius 1 is 1.08 bits per heavy atom. The van der Waals surface area contributed by atoms with E-state index in [1.54, 1.807) is 18.2 Å². The number of nitrogens with zero attached hydrogens (tertiary/aromatic N) is 1. The molecule has 0 spiro atoms. The molecule has 1 saturated heterocycles. The predicted molar refractivity (Wildman–Crippen MR) is 101 cm³/mol. The molecule has 1 heterocycles. The van der Waals surface area contributed by atoms with E-state index in [2.05, 4.69) is 4.90 Å². The molecule has 0 aromatic heterocycles. The van der Waals surface area contributed by atoms with Gasteiger partial charge in [-0.25, -0.2) is 4.79 Å². The van der Waals surface area contributed by atoms with E-state index < -0.39 is 5.97 Å². The average molecular weight is 353 g/mol. The molecule has 3 rings (SSSR count). The molecule has 0 aliphatic carbocycles. The van der Waals surface area contributed by atoms with E-state index in [4.69, 9.17) is 9.47 Å². The molecule has 1 N–H and O–H groups in total. The number of carboxylic acid groups (broad SMARTS) is 1. The molecule has 1 fully saturated rings. The minimum absolute atomic E-state index is 0.270. The van der Waals surface area contributed by atoms with Crippen molar-refractivity contribution in [1.29, 1.82) is 0 Å². The van der Waals surface area contributed by atoms with Gasteiger partial charge in [0.2, 0.25) is 0 Å². The Kier molecular flexibility index (Phi) is 6.41. The van der Waals surface area contributed by atoms with Crippen LogP contribution in [-0.4, -0.2) is 55.4 Å². The van der Waals surface area contributed by atoms with Gasteiger partial charge in [0, 0.05) is 19.6 Å². The summed E-state index contributed by atoms with van der Waals surface area (Å²) in [5.41, 5.74) is 1.78. The van der Waals surface area contributed by atoms with E-state index in [0.717, 1.165) is 44.2 Å². The molecule has 2 aromatic rings. The Labute approximate surface area is 153 Å². The molecule has 26 heavy (non-hydrogen) atoms. The van der Waals surface area contributed by atoms with Crippen LogP contribution in [-0.2, 0) is 9.53 Å². The maximum absolute atomic E-state index is 11.6. The molecule has 0 radical (unpaired) electrons. The van der Waals surface area contributed by atoms with Gasteiger partial charge in [-0.3, -0.25) is 4.90 Å². The third-order valence-corrected chi connectivity index (χ3v) is 4.29. The second kappa shape index (κ2) is 9.17. The third-order valence-electron chi connectivity index (χ3n) is 4.29. The first-order valence-corrected chi connectivity index (χ1v) is 8.76. The van der Waals surface area contributed by atoms with Gasteiger partial charge in [-0.2, -0.15) is 0 Å². The summed E-state index contributed by atoms with van der Waals surface area (Å²) in [6, 6.07) is 16.6. The molecule has 0 atom stereocenters. The van der Waals surface area contributed by atoms with Crippen LogP contribution in [0.2, 0.25) is 0 Å². The number of benzene rings is 2. The number of carbonyl (C=O) groups is 1. The van der Waals surface area contributed by atoms with Crippen molar-refractivity contribution in [1.82, 2.24) is 4.90 Å². The summed E-state index contributed by atoms with van der Waals surface area (Å²) in [7, 11) is 0. The minimum atomic E-state index is -0.943. The lowest BCUT2D eigenvalue weighted by molar-refractivity contribution is -0.130. The molecular formula is C21H23NO4. The molecule has 1 aliphatic heterocycles. The van der Waals surface area contributed by atoms with Gasteiger partial charge in [-0.1, -0.05) is 42.5 Å². The van der Waals surface area contributed by atoms with Crippen molar-refractivity contribution in [2.45, 2.75) is 0 Å². The number of hydrogen-bond donors (Lipinski definition) is 1. The fraction of sp³-hybridized carbons (Fsp3) is 0.286. The smallest absolute Gasteiger partial charge is 0.336 e. The van der Waals surface area contributed by atoms with Crippen LogP contribution in [0.1, 0.15) is 11.1 Å². The van der Waals surface area contributed by atoms with E-state index in [1.807, 2.05) is 42.5 Å². The van der Waals surface area contributed by atoms with Crippen molar-refractivity contribution in [2.24, 2.45) is 0 Å². The monoisotopic (exact) mass is 353 g/mol. The van der Waals surface area contributed by atoms with Gasteiger partial charge in [0.05, 0.1) is 18.8 Å². The normalized spacial score (nSPS) is 15.6. The molecule has 136 valence electrons. The standard InChI is InChI=1S/C21H23NO4/c23-21(24)20(18-4-2-1-3-5-18)16-17-6-8-19(9-7-17)26-15-12-22-10-13-25-14-11-22/h1-9,16H,10-15H2,(H,23,24)/b20-16-. The molecule has 0 bridgehead atoms. The Morgan fingerprint density at radius 2 is 1.77 bits per heavy atom. The van der Waals surface area contributed by atoms with Crippen LogP contribution in [0.5, 0.6) is 5.75 Å². The zero-order valence-corrected chi connectivity index (χ0v) is 14.6. The van der Waals surface area contributed by atoms with E-state index in [1.165, 1.54) is 0 Å². The van der Waals surface area contributed by atoms with E-state index in [9.17, 15) is 9.90 Å². The lowest BCUT2D eigenvalue weighted by Crippen LogP contribution is -2.38. The second-order valence-corrected chi connectivity index (χ2v) is 6.10. The number of rotatable bonds is 7. The van der Waals surface area contributed by atoms with Gasteiger partial charge in [0.15, 0.2) is 0 Å². The zero-order valence-electron chi connectivity index (χ0n) is 14.6. The first-order chi connectivity index (χ1) is 12.7. The highest BCUT2D eigenvalue weighted by Crippen LogP contribution is 2.20. The maximum Gasteiger partial charge on any atom is 0.336 e. The molecule has 0 amide bonds. The topological polar surface area (TPSA) is 59.0 Å². The van der Waals surface area contributed by atoms with E-state index >= 15 is 0 Å². The fourth-order valence-corrected chi connectivity index (χ4v) is 2.83. The Balaban J connectivity index is 1.60. The number of aliphatic carboxylic acids is 1. The van der Waals surface area contributed by atoms with Crippen LogP contribution in [0.15, 0.2) is 54.6 Å². The summed E-state index contributed by atoms with van der Waals surface area (Å²) in [5, 5.41) is 9.48. The SMILES string of the molecule is O=C(O)/C(=C\c1ccc(OCCN2CCOCC2)cc1)c1ccccc1. The lowest BCUT2D eigenvalue weighted by Gasteiger charge is -2.26. The van der Waals surface area contributed by atoms with Crippen molar-refractivity contribution in [3.8, 4) is 5.75 Å². The fourth-order valence-electron chi connectivity index (χ4n) is 2.83. The second-order valence-electron chi connectivity index (χ2n) is 6.10. The summed E-state index contributed by atoms with van der Waals surface area (Å²) in [5.74, 6) is -0.158. The molecule has 5 nitrogen and oxygen atoms in total. The van der Waals surface area contributed by atoms with Crippen LogP contribution in [0, 0.1) is 0 Å². The lowest BCUT2D eigenvalue weighted by atomic mass is 10.0. The Bertz CT molecular complexity index is 734. The highest BCUT2D eigenvalue weighted by molar-refractivity contribution is 6.20. The maximum atomic E-state index is 11.6. The van der Waals surface area contributed by atoms with Gasteiger partial charge in [-0.15, -0.1) is 0 Å². The quantitative estimate of drug-likeness (QED) is 0.612. The van der Waals surface area contributed by atoms with Crippen molar-refractivity contribution in [3.63, 3.8) is 0 Å². The largest absolute Gasteiger partial charge is 0.492 e. The first kappa shape index (κ1) is 18.2. The number of morpholine rings is 1. The molecule has 0 unspecified atom stereocenters. The van der Waals surface area contributed by atoms with Crippen molar-refractivity contribution < 1.29 is 19.4 Å². The summed E-state index contributed by atoms with van der Waals surface area (Å²) >= 11 is 0. The number of ether oxygens (including phenoxy) is 2. The Morgan fingerprint density at radius 3 is 2.42 bits per heavy atom. The summed E-state index contributed by atoms with van der Waals surface area (Å²) in [4.78, 5) is 13.9. The molecular weight excluding hydrogens is 330 g/mol. The predicted octanol–water partition coefficient (Wildman–Crippen LogP) is 3.02. The highest BCUT2D eigenvalue weighted by atomic mass is 16.5. The van der Waals surface area contributed by atoms with Gasteiger partial charge < -0.3 is 14.6 Å². The summed E-state index contributed by atoms with van der Waals surface area (Å²) in [6.45, 7) is 4.97. The van der Waals surface area contributed by atoms with Crippen LogP contribution in [0.3, 0.4) is 0 Å². The highest BCUT2D eigenvalue weighted by Gasteiger charge is 2.11. The van der Waals surface area contributed by atoms with Crippen LogP contribution in [0.25, 0.3) is 11.6 Å². The molecule has 2 aromatic carbocycles. The van der Waals surface area contributed by atoms with Gasteiger partial charge in [0.25, 0.3) is 0 Å². The Hall–Kier alpha value is -2.63. The summed E-state index contributed by atoms with van der Waals surface area (Å²) < 4.78 is 11.1. The minimum Gasteiger partial charge on any atom is -0.492 e.